The molecular formula is C21H30N2O2. The summed E-state index contributed by atoms with van der Waals surface area (Å²) in [5.74, 6) is 0. The highest BCUT2D eigenvalue weighted by molar-refractivity contribution is 5.68. The molecular weight excluding hydrogens is 312 g/mol. The molecule has 25 heavy (non-hydrogen) atoms. The zero-order valence-electron chi connectivity index (χ0n) is 15.7. The lowest BCUT2D eigenvalue weighted by molar-refractivity contribution is 0.0197. The first-order valence-corrected chi connectivity index (χ1v) is 9.70. The zero-order valence-corrected chi connectivity index (χ0v) is 15.7. The van der Waals surface area contributed by atoms with Gasteiger partial charge in [-0.25, -0.2) is 4.79 Å². The molecule has 3 aliphatic rings. The molecule has 1 saturated carbocycles. The molecule has 2 atom stereocenters. The number of carbonyl (C=O) groups is 1. The van der Waals surface area contributed by atoms with Crippen molar-refractivity contribution in [2.24, 2.45) is 0 Å². The molecule has 1 heterocycles. The van der Waals surface area contributed by atoms with Gasteiger partial charge in [-0.3, -0.25) is 0 Å². The fourth-order valence-electron chi connectivity index (χ4n) is 4.65. The Morgan fingerprint density at radius 2 is 1.96 bits per heavy atom. The first kappa shape index (κ1) is 16.9. The Balaban J connectivity index is 1.29. The number of rotatable bonds is 2. The van der Waals surface area contributed by atoms with Gasteiger partial charge in [0.05, 0.1) is 0 Å². The molecule has 2 aliphatic carbocycles. The topological polar surface area (TPSA) is 41.6 Å². The first-order valence-electron chi connectivity index (χ1n) is 9.70. The molecule has 1 aromatic carbocycles. The van der Waals surface area contributed by atoms with E-state index in [4.69, 9.17) is 4.74 Å². The molecule has 0 radical (unpaired) electrons. The molecule has 2 unspecified atom stereocenters. The van der Waals surface area contributed by atoms with Crippen LogP contribution in [0.2, 0.25) is 0 Å². The second-order valence-electron chi connectivity index (χ2n) is 8.98. The number of amides is 1. The summed E-state index contributed by atoms with van der Waals surface area (Å²) < 4.78 is 5.49. The van der Waals surface area contributed by atoms with E-state index in [-0.39, 0.29) is 6.09 Å². The average Bonchev–Trinajstić information content (AvgIpc) is 3.12. The number of carbonyl (C=O) groups excluding carboxylic acids is 1. The van der Waals surface area contributed by atoms with Crippen molar-refractivity contribution >= 4 is 6.09 Å². The molecule has 2 fully saturated rings. The highest BCUT2D eigenvalue weighted by Crippen LogP contribution is 2.57. The predicted octanol–water partition coefficient (Wildman–Crippen LogP) is 3.63. The van der Waals surface area contributed by atoms with Crippen LogP contribution in [0.3, 0.4) is 0 Å². The molecule has 1 N–H and O–H groups in total. The molecule has 1 amide bonds. The van der Waals surface area contributed by atoms with Crippen LogP contribution in [-0.4, -0.2) is 41.8 Å². The SMILES string of the molecule is CC(C)(C)OC(=O)N1CCC(NC2CC23CCc2ccccc23)CC1. The van der Waals surface area contributed by atoms with Crippen molar-refractivity contribution in [3.8, 4) is 0 Å². The number of nitrogens with one attached hydrogen (secondary N) is 1. The van der Waals surface area contributed by atoms with Crippen molar-refractivity contribution in [2.45, 2.75) is 76.0 Å². The van der Waals surface area contributed by atoms with E-state index in [9.17, 15) is 4.79 Å². The molecule has 4 heteroatoms. The highest BCUT2D eigenvalue weighted by atomic mass is 16.6. The molecule has 1 saturated heterocycles. The number of fused-ring (bicyclic) bond motifs is 2. The standard InChI is InChI=1S/C21H30N2O2/c1-20(2,3)25-19(24)23-12-9-16(10-13-23)22-18-14-21(18)11-8-15-6-4-5-7-17(15)21/h4-7,16,18,22H,8-14H2,1-3H3. The summed E-state index contributed by atoms with van der Waals surface area (Å²) >= 11 is 0. The number of aryl methyl sites for hydroxylation is 1. The van der Waals surface area contributed by atoms with Crippen LogP contribution >= 0.6 is 0 Å². The highest BCUT2D eigenvalue weighted by Gasteiger charge is 2.58. The Hall–Kier alpha value is -1.55. The van der Waals surface area contributed by atoms with Crippen LogP contribution in [0.4, 0.5) is 4.79 Å². The Morgan fingerprint density at radius 1 is 1.24 bits per heavy atom. The largest absolute Gasteiger partial charge is 0.444 e. The van der Waals surface area contributed by atoms with Crippen LogP contribution in [0.25, 0.3) is 0 Å². The number of nitrogens with zero attached hydrogens (tertiary/aromatic N) is 1. The quantitative estimate of drug-likeness (QED) is 0.892. The number of piperidine rings is 1. The van der Waals surface area contributed by atoms with Gasteiger partial charge in [-0.15, -0.1) is 0 Å². The summed E-state index contributed by atoms with van der Waals surface area (Å²) in [5.41, 5.74) is 3.12. The second kappa shape index (κ2) is 6.01. The van der Waals surface area contributed by atoms with Gasteiger partial charge in [-0.05, 0) is 64.0 Å². The van der Waals surface area contributed by atoms with Crippen LogP contribution in [0.1, 0.15) is 57.6 Å². The Bertz CT molecular complexity index is 658. The zero-order chi connectivity index (χ0) is 17.7. The number of hydrogen-bond donors (Lipinski definition) is 1. The summed E-state index contributed by atoms with van der Waals surface area (Å²) in [6, 6.07) is 10.1. The van der Waals surface area contributed by atoms with Gasteiger partial charge in [0.2, 0.25) is 0 Å². The van der Waals surface area contributed by atoms with E-state index < -0.39 is 5.60 Å². The van der Waals surface area contributed by atoms with Crippen molar-refractivity contribution in [2.75, 3.05) is 13.1 Å². The van der Waals surface area contributed by atoms with E-state index in [1.54, 1.807) is 11.1 Å². The van der Waals surface area contributed by atoms with E-state index in [0.29, 0.717) is 17.5 Å². The Kier molecular flexibility index (Phi) is 4.06. The fourth-order valence-corrected chi connectivity index (χ4v) is 4.65. The minimum atomic E-state index is -0.414. The predicted molar refractivity (Wildman–Crippen MR) is 98.8 cm³/mol. The van der Waals surface area contributed by atoms with Gasteiger partial charge in [-0.1, -0.05) is 24.3 Å². The van der Waals surface area contributed by atoms with E-state index >= 15 is 0 Å². The molecule has 0 aromatic heterocycles. The molecule has 0 bridgehead atoms. The third-order valence-corrected chi connectivity index (χ3v) is 6.05. The number of benzene rings is 1. The maximum absolute atomic E-state index is 12.2. The van der Waals surface area contributed by atoms with Crippen LogP contribution in [-0.2, 0) is 16.6 Å². The molecule has 1 spiro atoms. The summed E-state index contributed by atoms with van der Waals surface area (Å²) in [6.07, 6.45) is 5.67. The van der Waals surface area contributed by atoms with E-state index in [1.807, 2.05) is 25.7 Å². The third-order valence-electron chi connectivity index (χ3n) is 6.05. The van der Waals surface area contributed by atoms with Gasteiger partial charge < -0.3 is 15.0 Å². The fraction of sp³-hybridized carbons (Fsp3) is 0.667. The normalized spacial score (nSPS) is 28.9. The van der Waals surface area contributed by atoms with E-state index in [1.165, 1.54) is 19.3 Å². The number of ether oxygens (including phenoxy) is 1. The van der Waals surface area contributed by atoms with Crippen molar-refractivity contribution in [3.05, 3.63) is 35.4 Å². The van der Waals surface area contributed by atoms with Crippen molar-refractivity contribution in [3.63, 3.8) is 0 Å². The van der Waals surface area contributed by atoms with Crippen molar-refractivity contribution in [1.82, 2.24) is 10.2 Å². The smallest absolute Gasteiger partial charge is 0.410 e. The maximum Gasteiger partial charge on any atom is 0.410 e. The lowest BCUT2D eigenvalue weighted by Gasteiger charge is -2.34. The summed E-state index contributed by atoms with van der Waals surface area (Å²) in [6.45, 7) is 7.35. The monoisotopic (exact) mass is 342 g/mol. The van der Waals surface area contributed by atoms with Gasteiger partial charge in [0, 0.05) is 30.6 Å². The summed E-state index contributed by atoms with van der Waals surface area (Å²) in [5, 5.41) is 3.90. The Labute approximate surface area is 150 Å². The van der Waals surface area contributed by atoms with Crippen LogP contribution in [0.5, 0.6) is 0 Å². The van der Waals surface area contributed by atoms with Crippen LogP contribution in [0.15, 0.2) is 24.3 Å². The number of likely N-dealkylation sites (tertiary alicyclic amines) is 1. The first-order chi connectivity index (χ1) is 11.9. The van der Waals surface area contributed by atoms with E-state index in [2.05, 4.69) is 29.6 Å². The molecule has 136 valence electrons. The maximum atomic E-state index is 12.2. The van der Waals surface area contributed by atoms with Gasteiger partial charge in [-0.2, -0.15) is 0 Å². The van der Waals surface area contributed by atoms with Gasteiger partial charge in [0.25, 0.3) is 0 Å². The second-order valence-corrected chi connectivity index (χ2v) is 8.98. The minimum Gasteiger partial charge on any atom is -0.444 e. The van der Waals surface area contributed by atoms with Gasteiger partial charge in [0.15, 0.2) is 0 Å². The van der Waals surface area contributed by atoms with Crippen LogP contribution < -0.4 is 5.32 Å². The molecule has 4 nitrogen and oxygen atoms in total. The van der Waals surface area contributed by atoms with Gasteiger partial charge >= 0.3 is 6.09 Å². The van der Waals surface area contributed by atoms with Crippen molar-refractivity contribution < 1.29 is 9.53 Å². The lowest BCUT2D eigenvalue weighted by atomic mass is 9.96. The summed E-state index contributed by atoms with van der Waals surface area (Å²) in [7, 11) is 0. The average molecular weight is 342 g/mol. The Morgan fingerprint density at radius 3 is 2.68 bits per heavy atom. The number of hydrogen-bond acceptors (Lipinski definition) is 3. The van der Waals surface area contributed by atoms with Gasteiger partial charge in [0.1, 0.15) is 5.60 Å². The van der Waals surface area contributed by atoms with Crippen LogP contribution in [0, 0.1) is 0 Å². The summed E-state index contributed by atoms with van der Waals surface area (Å²) in [4.78, 5) is 14.0. The van der Waals surface area contributed by atoms with E-state index in [0.717, 1.165) is 25.9 Å². The molecule has 1 aliphatic heterocycles. The lowest BCUT2D eigenvalue weighted by Crippen LogP contribution is -2.47. The molecule has 1 aromatic rings. The minimum absolute atomic E-state index is 0.168. The third kappa shape index (κ3) is 3.29. The van der Waals surface area contributed by atoms with Crippen molar-refractivity contribution in [1.29, 1.82) is 0 Å². The molecule has 4 rings (SSSR count).